The van der Waals surface area contributed by atoms with E-state index < -0.39 is 0 Å². The molecule has 1 amide bonds. The Kier molecular flexibility index (Phi) is 5.59. The summed E-state index contributed by atoms with van der Waals surface area (Å²) in [6, 6.07) is 2.16. The third-order valence-corrected chi connectivity index (χ3v) is 4.06. The van der Waals surface area contributed by atoms with E-state index in [0.29, 0.717) is 18.3 Å². The van der Waals surface area contributed by atoms with Crippen molar-refractivity contribution in [3.8, 4) is 0 Å². The number of hydrogen-bond acceptors (Lipinski definition) is 3. The summed E-state index contributed by atoms with van der Waals surface area (Å²) in [5, 5.41) is 4.25. The van der Waals surface area contributed by atoms with Crippen LogP contribution in [0.15, 0.2) is 12.3 Å². The summed E-state index contributed by atoms with van der Waals surface area (Å²) in [6.07, 6.45) is 9.93. The van der Waals surface area contributed by atoms with Crippen molar-refractivity contribution >= 4 is 5.91 Å². The molecule has 0 bridgehead atoms. The van der Waals surface area contributed by atoms with E-state index in [2.05, 4.69) is 5.10 Å². The molecule has 2 N–H and O–H groups in total. The number of aryl methyl sites for hydroxylation is 1. The maximum absolute atomic E-state index is 12.7. The fourth-order valence-electron chi connectivity index (χ4n) is 2.96. The number of aromatic nitrogens is 2. The van der Waals surface area contributed by atoms with E-state index in [1.807, 2.05) is 18.1 Å². The van der Waals surface area contributed by atoms with Crippen LogP contribution in [0.2, 0.25) is 0 Å². The lowest BCUT2D eigenvalue weighted by Crippen LogP contribution is -2.41. The molecule has 5 nitrogen and oxygen atoms in total. The van der Waals surface area contributed by atoms with Crippen LogP contribution in [0.5, 0.6) is 0 Å². The molecule has 0 atom stereocenters. The Morgan fingerprint density at radius 2 is 2.10 bits per heavy atom. The Balaban J connectivity index is 2.10. The van der Waals surface area contributed by atoms with Crippen LogP contribution in [-0.2, 0) is 7.05 Å². The number of carbonyl (C=O) groups is 1. The summed E-state index contributed by atoms with van der Waals surface area (Å²) in [5.74, 6) is 0.0611. The Morgan fingerprint density at radius 1 is 1.40 bits per heavy atom. The van der Waals surface area contributed by atoms with Crippen LogP contribution in [0.4, 0.5) is 0 Å². The van der Waals surface area contributed by atoms with Crippen molar-refractivity contribution in [3.05, 3.63) is 18.0 Å². The molecule has 5 heteroatoms. The molecule has 1 aliphatic carbocycles. The summed E-state index contributed by atoms with van der Waals surface area (Å²) in [7, 11) is 1.84. The highest BCUT2D eigenvalue weighted by atomic mass is 16.2. The molecule has 0 aromatic carbocycles. The Hall–Kier alpha value is -1.36. The second-order valence-electron chi connectivity index (χ2n) is 5.66. The minimum Gasteiger partial charge on any atom is -0.334 e. The van der Waals surface area contributed by atoms with Crippen LogP contribution >= 0.6 is 0 Å². The summed E-state index contributed by atoms with van der Waals surface area (Å²) in [4.78, 5) is 14.7. The van der Waals surface area contributed by atoms with Crippen molar-refractivity contribution in [2.24, 2.45) is 12.8 Å². The average molecular weight is 278 g/mol. The largest absolute Gasteiger partial charge is 0.334 e. The summed E-state index contributed by atoms with van der Waals surface area (Å²) in [6.45, 7) is 1.37. The van der Waals surface area contributed by atoms with Gasteiger partial charge in [-0.3, -0.25) is 9.48 Å². The predicted octanol–water partition coefficient (Wildman–Crippen LogP) is 1.93. The Morgan fingerprint density at radius 3 is 2.65 bits per heavy atom. The first kappa shape index (κ1) is 15.0. The third-order valence-electron chi connectivity index (χ3n) is 4.06. The number of hydrogen-bond donors (Lipinski definition) is 1. The normalized spacial score (nSPS) is 16.9. The Labute approximate surface area is 121 Å². The topological polar surface area (TPSA) is 64.2 Å². The van der Waals surface area contributed by atoms with Gasteiger partial charge in [0.25, 0.3) is 5.91 Å². The highest BCUT2D eigenvalue weighted by Crippen LogP contribution is 2.23. The van der Waals surface area contributed by atoms with Crippen LogP contribution in [0.1, 0.15) is 55.4 Å². The lowest BCUT2D eigenvalue weighted by molar-refractivity contribution is 0.0652. The lowest BCUT2D eigenvalue weighted by atomic mass is 10.1. The number of nitrogens with two attached hydrogens (primary N) is 1. The molecule has 0 unspecified atom stereocenters. The zero-order valence-electron chi connectivity index (χ0n) is 12.4. The fourth-order valence-corrected chi connectivity index (χ4v) is 2.96. The minimum absolute atomic E-state index is 0.0611. The predicted molar refractivity (Wildman–Crippen MR) is 79.4 cm³/mol. The number of nitrogens with zero attached hydrogens (tertiary/aromatic N) is 3. The second-order valence-corrected chi connectivity index (χ2v) is 5.66. The molecular weight excluding hydrogens is 252 g/mol. The van der Waals surface area contributed by atoms with Gasteiger partial charge in [0.2, 0.25) is 0 Å². The van der Waals surface area contributed by atoms with Crippen molar-refractivity contribution in [1.29, 1.82) is 0 Å². The van der Waals surface area contributed by atoms with Gasteiger partial charge < -0.3 is 10.6 Å². The van der Waals surface area contributed by atoms with Gasteiger partial charge in [0.1, 0.15) is 5.69 Å². The van der Waals surface area contributed by atoms with Crippen molar-refractivity contribution in [3.63, 3.8) is 0 Å². The Bertz CT molecular complexity index is 421. The molecule has 1 fully saturated rings. The van der Waals surface area contributed by atoms with Crippen molar-refractivity contribution in [2.45, 2.75) is 51.0 Å². The van der Waals surface area contributed by atoms with Gasteiger partial charge in [-0.15, -0.1) is 0 Å². The molecule has 1 heterocycles. The summed E-state index contributed by atoms with van der Waals surface area (Å²) < 4.78 is 1.68. The van der Waals surface area contributed by atoms with Crippen molar-refractivity contribution < 1.29 is 4.79 Å². The van der Waals surface area contributed by atoms with Crippen LogP contribution in [0.3, 0.4) is 0 Å². The zero-order chi connectivity index (χ0) is 14.4. The van der Waals surface area contributed by atoms with E-state index in [0.717, 1.165) is 25.8 Å². The van der Waals surface area contributed by atoms with Gasteiger partial charge in [-0.1, -0.05) is 25.7 Å². The maximum Gasteiger partial charge on any atom is 0.274 e. The van der Waals surface area contributed by atoms with E-state index in [9.17, 15) is 4.79 Å². The first-order valence-electron chi connectivity index (χ1n) is 7.73. The van der Waals surface area contributed by atoms with Crippen molar-refractivity contribution in [1.82, 2.24) is 14.7 Å². The van der Waals surface area contributed by atoms with E-state index in [4.69, 9.17) is 5.73 Å². The van der Waals surface area contributed by atoms with Gasteiger partial charge in [-0.25, -0.2) is 0 Å². The van der Waals surface area contributed by atoms with Crippen LogP contribution < -0.4 is 5.73 Å². The monoisotopic (exact) mass is 278 g/mol. The molecule has 0 aliphatic heterocycles. The fraction of sp³-hybridized carbons (Fsp3) is 0.733. The SMILES string of the molecule is Cn1ccc(C(=O)N(CCCN)C2CCCCCC2)n1. The highest BCUT2D eigenvalue weighted by molar-refractivity contribution is 5.92. The number of amides is 1. The van der Waals surface area contributed by atoms with Crippen LogP contribution in [-0.4, -0.2) is 39.7 Å². The molecule has 1 aliphatic rings. The van der Waals surface area contributed by atoms with Gasteiger partial charge in [0.15, 0.2) is 0 Å². The van der Waals surface area contributed by atoms with E-state index in [1.165, 1.54) is 25.7 Å². The van der Waals surface area contributed by atoms with Crippen LogP contribution in [0, 0.1) is 0 Å². The second kappa shape index (κ2) is 7.43. The molecule has 1 aromatic rings. The molecule has 20 heavy (non-hydrogen) atoms. The van der Waals surface area contributed by atoms with Crippen molar-refractivity contribution in [2.75, 3.05) is 13.1 Å². The van der Waals surface area contributed by atoms with Gasteiger partial charge in [-0.05, 0) is 31.9 Å². The molecule has 2 rings (SSSR count). The zero-order valence-corrected chi connectivity index (χ0v) is 12.4. The van der Waals surface area contributed by atoms with Gasteiger partial charge >= 0.3 is 0 Å². The minimum atomic E-state index is 0.0611. The van der Waals surface area contributed by atoms with E-state index in [1.54, 1.807) is 10.7 Å². The standard InChI is InChI=1S/C15H26N4O/c1-18-12-9-14(17-18)15(20)19(11-6-10-16)13-7-4-2-3-5-8-13/h9,12-13H,2-8,10-11,16H2,1H3. The van der Waals surface area contributed by atoms with Gasteiger partial charge in [0, 0.05) is 25.8 Å². The van der Waals surface area contributed by atoms with E-state index in [-0.39, 0.29) is 5.91 Å². The number of carbonyl (C=O) groups excluding carboxylic acids is 1. The molecular formula is C15H26N4O. The van der Waals surface area contributed by atoms with E-state index >= 15 is 0 Å². The molecule has 0 radical (unpaired) electrons. The number of rotatable bonds is 5. The van der Waals surface area contributed by atoms with Crippen LogP contribution in [0.25, 0.3) is 0 Å². The molecule has 112 valence electrons. The molecule has 0 saturated heterocycles. The summed E-state index contributed by atoms with van der Waals surface area (Å²) >= 11 is 0. The smallest absolute Gasteiger partial charge is 0.274 e. The molecule has 1 saturated carbocycles. The van der Waals surface area contributed by atoms with Gasteiger partial charge in [-0.2, -0.15) is 5.10 Å². The van der Waals surface area contributed by atoms with Gasteiger partial charge in [0.05, 0.1) is 0 Å². The molecule has 0 spiro atoms. The summed E-state index contributed by atoms with van der Waals surface area (Å²) in [5.41, 5.74) is 6.17. The first-order valence-corrected chi connectivity index (χ1v) is 7.73. The maximum atomic E-state index is 12.7. The highest BCUT2D eigenvalue weighted by Gasteiger charge is 2.26. The lowest BCUT2D eigenvalue weighted by Gasteiger charge is -2.30. The molecule has 1 aromatic heterocycles. The first-order chi connectivity index (χ1) is 9.72. The third kappa shape index (κ3) is 3.82. The quantitative estimate of drug-likeness (QED) is 0.837. The average Bonchev–Trinajstić information content (AvgIpc) is 2.72.